The number of aromatic nitrogens is 2. The Balaban J connectivity index is 2.33. The molecule has 0 aliphatic carbocycles. The zero-order chi connectivity index (χ0) is 15.6. The minimum atomic E-state index is -0.561. The standard InChI is InChI=1S/C17H23ClN2O/c1-5-14-17(18)15(20(6-2)19-14)10-16(21)13-9-7-8-11(3)12(13)4/h7-9,16,21H,5-6,10H2,1-4H3. The Hall–Kier alpha value is -1.32. The molecule has 0 spiro atoms. The zero-order valence-electron chi connectivity index (χ0n) is 13.2. The second-order valence-electron chi connectivity index (χ2n) is 5.39. The highest BCUT2D eigenvalue weighted by Gasteiger charge is 2.19. The summed E-state index contributed by atoms with van der Waals surface area (Å²) in [5, 5.41) is 15.8. The molecule has 1 aromatic heterocycles. The maximum atomic E-state index is 10.6. The van der Waals surface area contributed by atoms with Gasteiger partial charge in [-0.15, -0.1) is 0 Å². The number of nitrogens with zero attached hydrogens (tertiary/aromatic N) is 2. The van der Waals surface area contributed by atoms with Gasteiger partial charge in [0.25, 0.3) is 0 Å². The van der Waals surface area contributed by atoms with Crippen LogP contribution in [0.1, 0.15) is 48.0 Å². The highest BCUT2D eigenvalue weighted by atomic mass is 35.5. The Labute approximate surface area is 131 Å². The molecule has 1 N–H and O–H groups in total. The first kappa shape index (κ1) is 16.1. The predicted octanol–water partition coefficient (Wildman–Crippen LogP) is 4.01. The van der Waals surface area contributed by atoms with Gasteiger partial charge >= 0.3 is 0 Å². The van der Waals surface area contributed by atoms with E-state index in [-0.39, 0.29) is 0 Å². The number of hydrogen-bond donors (Lipinski definition) is 1. The average Bonchev–Trinajstić information content (AvgIpc) is 2.78. The number of benzene rings is 1. The monoisotopic (exact) mass is 306 g/mol. The molecule has 0 bridgehead atoms. The SMILES string of the molecule is CCc1nn(CC)c(CC(O)c2cccc(C)c2C)c1Cl. The summed E-state index contributed by atoms with van der Waals surface area (Å²) >= 11 is 6.42. The van der Waals surface area contributed by atoms with Gasteiger partial charge in [0, 0.05) is 13.0 Å². The lowest BCUT2D eigenvalue weighted by molar-refractivity contribution is 0.174. The van der Waals surface area contributed by atoms with Crippen LogP contribution in [0.25, 0.3) is 0 Å². The summed E-state index contributed by atoms with van der Waals surface area (Å²) in [7, 11) is 0. The minimum absolute atomic E-state index is 0.490. The molecule has 2 aromatic rings. The first-order chi connectivity index (χ1) is 9.99. The lowest BCUT2D eigenvalue weighted by Gasteiger charge is -2.16. The van der Waals surface area contributed by atoms with Gasteiger partial charge in [0.1, 0.15) is 0 Å². The van der Waals surface area contributed by atoms with Crippen molar-refractivity contribution in [3.63, 3.8) is 0 Å². The molecular weight excluding hydrogens is 284 g/mol. The second-order valence-corrected chi connectivity index (χ2v) is 5.76. The van der Waals surface area contributed by atoms with Crippen LogP contribution in [0.15, 0.2) is 18.2 Å². The molecule has 114 valence electrons. The fraction of sp³-hybridized carbons (Fsp3) is 0.471. The molecule has 0 saturated heterocycles. The summed E-state index contributed by atoms with van der Waals surface area (Å²) in [5.41, 5.74) is 5.12. The molecular formula is C17H23ClN2O. The van der Waals surface area contributed by atoms with Crippen LogP contribution in [0.3, 0.4) is 0 Å². The van der Waals surface area contributed by atoms with Crippen molar-refractivity contribution in [3.8, 4) is 0 Å². The van der Waals surface area contributed by atoms with E-state index in [1.807, 2.05) is 37.6 Å². The first-order valence-corrected chi connectivity index (χ1v) is 7.85. The summed E-state index contributed by atoms with van der Waals surface area (Å²) in [6.07, 6.45) is 0.733. The minimum Gasteiger partial charge on any atom is -0.388 e. The Bertz CT molecular complexity index is 634. The van der Waals surface area contributed by atoms with Gasteiger partial charge in [-0.3, -0.25) is 4.68 Å². The lowest BCUT2D eigenvalue weighted by Crippen LogP contribution is -2.10. The highest BCUT2D eigenvalue weighted by molar-refractivity contribution is 6.31. The number of rotatable bonds is 5. The third kappa shape index (κ3) is 3.14. The summed E-state index contributed by atoms with van der Waals surface area (Å²) in [6, 6.07) is 6.02. The molecule has 0 aliphatic heterocycles. The van der Waals surface area contributed by atoms with Crippen LogP contribution >= 0.6 is 11.6 Å². The molecule has 2 rings (SSSR count). The van der Waals surface area contributed by atoms with Crippen molar-refractivity contribution in [2.45, 2.75) is 53.2 Å². The van der Waals surface area contributed by atoms with Crippen molar-refractivity contribution in [3.05, 3.63) is 51.3 Å². The molecule has 1 unspecified atom stereocenters. The van der Waals surface area contributed by atoms with E-state index in [2.05, 4.69) is 18.1 Å². The molecule has 3 nitrogen and oxygen atoms in total. The van der Waals surface area contributed by atoms with Crippen molar-refractivity contribution < 1.29 is 5.11 Å². The quantitative estimate of drug-likeness (QED) is 0.906. The normalized spacial score (nSPS) is 12.7. The van der Waals surface area contributed by atoms with Gasteiger partial charge in [0.05, 0.1) is 22.5 Å². The molecule has 0 radical (unpaired) electrons. The Morgan fingerprint density at radius 1 is 1.29 bits per heavy atom. The van der Waals surface area contributed by atoms with Crippen LogP contribution < -0.4 is 0 Å². The molecule has 4 heteroatoms. The fourth-order valence-corrected chi connectivity index (χ4v) is 2.99. The van der Waals surface area contributed by atoms with Crippen molar-refractivity contribution in [2.75, 3.05) is 0 Å². The maximum Gasteiger partial charge on any atom is 0.0851 e. The summed E-state index contributed by atoms with van der Waals surface area (Å²) in [5.74, 6) is 0. The van der Waals surface area contributed by atoms with E-state index in [9.17, 15) is 5.11 Å². The van der Waals surface area contributed by atoms with E-state index >= 15 is 0 Å². The van der Waals surface area contributed by atoms with E-state index in [0.29, 0.717) is 11.4 Å². The molecule has 0 fully saturated rings. The largest absolute Gasteiger partial charge is 0.388 e. The predicted molar refractivity (Wildman–Crippen MR) is 86.9 cm³/mol. The second kappa shape index (κ2) is 6.63. The number of aliphatic hydroxyl groups is 1. The topological polar surface area (TPSA) is 38.0 Å². The van der Waals surface area contributed by atoms with Gasteiger partial charge in [-0.1, -0.05) is 36.7 Å². The molecule has 21 heavy (non-hydrogen) atoms. The molecule has 1 aromatic carbocycles. The zero-order valence-corrected chi connectivity index (χ0v) is 13.9. The summed E-state index contributed by atoms with van der Waals surface area (Å²) < 4.78 is 1.90. The molecule has 1 atom stereocenters. The third-order valence-corrected chi connectivity index (χ3v) is 4.52. The number of aryl methyl sites for hydroxylation is 3. The Kier molecular flexibility index (Phi) is 5.07. The van der Waals surface area contributed by atoms with E-state index in [1.54, 1.807) is 0 Å². The Morgan fingerprint density at radius 2 is 2.00 bits per heavy atom. The van der Waals surface area contributed by atoms with Crippen LogP contribution in [0.4, 0.5) is 0 Å². The highest BCUT2D eigenvalue weighted by Crippen LogP contribution is 2.28. The number of halogens is 1. The number of aliphatic hydroxyl groups excluding tert-OH is 1. The van der Waals surface area contributed by atoms with Gasteiger partial charge in [-0.25, -0.2) is 0 Å². The van der Waals surface area contributed by atoms with Crippen LogP contribution in [-0.2, 0) is 19.4 Å². The lowest BCUT2D eigenvalue weighted by atomic mass is 9.96. The van der Waals surface area contributed by atoms with Crippen LogP contribution in [0.5, 0.6) is 0 Å². The molecule has 0 aliphatic rings. The fourth-order valence-electron chi connectivity index (χ4n) is 2.64. The van der Waals surface area contributed by atoms with Crippen LogP contribution in [0, 0.1) is 13.8 Å². The smallest absolute Gasteiger partial charge is 0.0851 e. The van der Waals surface area contributed by atoms with Crippen molar-refractivity contribution >= 4 is 11.6 Å². The summed E-state index contributed by atoms with van der Waals surface area (Å²) in [6.45, 7) is 8.94. The van der Waals surface area contributed by atoms with E-state index in [1.165, 1.54) is 5.56 Å². The maximum absolute atomic E-state index is 10.6. The van der Waals surface area contributed by atoms with E-state index in [4.69, 9.17) is 11.6 Å². The van der Waals surface area contributed by atoms with Crippen molar-refractivity contribution in [1.82, 2.24) is 9.78 Å². The summed E-state index contributed by atoms with van der Waals surface area (Å²) in [4.78, 5) is 0. The van der Waals surface area contributed by atoms with Gasteiger partial charge in [0.15, 0.2) is 0 Å². The van der Waals surface area contributed by atoms with Gasteiger partial charge in [-0.05, 0) is 43.9 Å². The first-order valence-electron chi connectivity index (χ1n) is 7.47. The van der Waals surface area contributed by atoms with E-state index in [0.717, 1.165) is 35.5 Å². The molecule has 0 saturated carbocycles. The molecule has 1 heterocycles. The van der Waals surface area contributed by atoms with E-state index < -0.39 is 6.10 Å². The van der Waals surface area contributed by atoms with Gasteiger partial charge in [0.2, 0.25) is 0 Å². The Morgan fingerprint density at radius 3 is 2.62 bits per heavy atom. The van der Waals surface area contributed by atoms with Gasteiger partial charge < -0.3 is 5.11 Å². The van der Waals surface area contributed by atoms with Crippen molar-refractivity contribution in [2.24, 2.45) is 0 Å². The molecule has 0 amide bonds. The average molecular weight is 307 g/mol. The van der Waals surface area contributed by atoms with Crippen LogP contribution in [-0.4, -0.2) is 14.9 Å². The van der Waals surface area contributed by atoms with Gasteiger partial charge in [-0.2, -0.15) is 5.10 Å². The van der Waals surface area contributed by atoms with Crippen molar-refractivity contribution in [1.29, 1.82) is 0 Å². The third-order valence-electron chi connectivity index (χ3n) is 4.09. The number of hydrogen-bond acceptors (Lipinski definition) is 2. The van der Waals surface area contributed by atoms with Crippen LogP contribution in [0.2, 0.25) is 5.02 Å².